The number of H-pyrrole nitrogens is 1. The van der Waals surface area contributed by atoms with E-state index in [1.54, 1.807) is 26.5 Å². The van der Waals surface area contributed by atoms with Crippen LogP contribution in [0.3, 0.4) is 0 Å². The van der Waals surface area contributed by atoms with Crippen molar-refractivity contribution in [1.29, 1.82) is 0 Å². The molecule has 0 amide bonds. The Labute approximate surface area is 93.2 Å². The zero-order valence-electron chi connectivity index (χ0n) is 9.46. The van der Waals surface area contributed by atoms with Crippen molar-refractivity contribution >= 4 is 16.7 Å². The zero-order chi connectivity index (χ0) is 11.7. The van der Waals surface area contributed by atoms with Crippen LogP contribution in [-0.4, -0.2) is 25.0 Å². The van der Waals surface area contributed by atoms with Crippen LogP contribution in [-0.2, 0) is 0 Å². The molecule has 2 rings (SSSR count). The molecule has 1 aromatic carbocycles. The summed E-state index contributed by atoms with van der Waals surface area (Å²) in [6.45, 7) is 1.52. The van der Waals surface area contributed by atoms with E-state index in [4.69, 9.17) is 9.47 Å². The van der Waals surface area contributed by atoms with Gasteiger partial charge in [0, 0.05) is 17.6 Å². The maximum Gasteiger partial charge on any atom is 0.164 e. The molecule has 1 heterocycles. The van der Waals surface area contributed by atoms with Crippen molar-refractivity contribution in [3.8, 4) is 11.5 Å². The summed E-state index contributed by atoms with van der Waals surface area (Å²) in [7, 11) is 3.13. The summed E-state index contributed by atoms with van der Waals surface area (Å²) in [5.41, 5.74) is 1.40. The molecule has 1 aromatic heterocycles. The summed E-state index contributed by atoms with van der Waals surface area (Å²) < 4.78 is 10.5. The third kappa shape index (κ3) is 1.43. The van der Waals surface area contributed by atoms with Gasteiger partial charge in [-0.2, -0.15) is 0 Å². The molecule has 4 heteroatoms. The summed E-state index contributed by atoms with van der Waals surface area (Å²) in [5, 5.41) is 0.823. The van der Waals surface area contributed by atoms with E-state index in [9.17, 15) is 4.79 Å². The quantitative estimate of drug-likeness (QED) is 0.806. The maximum atomic E-state index is 11.6. The summed E-state index contributed by atoms with van der Waals surface area (Å²) in [5.74, 6) is 1.18. The molecule has 2 aromatic rings. The molecule has 4 nitrogen and oxygen atoms in total. The number of ketones is 1. The largest absolute Gasteiger partial charge is 0.496 e. The van der Waals surface area contributed by atoms with Crippen molar-refractivity contribution in [3.05, 3.63) is 23.9 Å². The highest BCUT2D eigenvalue weighted by atomic mass is 16.5. The molecule has 0 bridgehead atoms. The topological polar surface area (TPSA) is 51.3 Å². The molecule has 16 heavy (non-hydrogen) atoms. The Hall–Kier alpha value is -1.97. The lowest BCUT2D eigenvalue weighted by molar-refractivity contribution is 0.101. The molecule has 0 aliphatic carbocycles. The van der Waals surface area contributed by atoms with Gasteiger partial charge in [0.2, 0.25) is 0 Å². The lowest BCUT2D eigenvalue weighted by atomic mass is 10.0. The average Bonchev–Trinajstić information content (AvgIpc) is 2.74. The molecule has 0 radical (unpaired) electrons. The number of nitrogens with one attached hydrogen (secondary N) is 1. The first-order chi connectivity index (χ1) is 7.69. The van der Waals surface area contributed by atoms with Gasteiger partial charge in [0.05, 0.1) is 25.3 Å². The van der Waals surface area contributed by atoms with Gasteiger partial charge in [-0.15, -0.1) is 0 Å². The minimum Gasteiger partial charge on any atom is -0.496 e. The summed E-state index contributed by atoms with van der Waals surface area (Å²) in [6, 6.07) is 3.56. The summed E-state index contributed by atoms with van der Waals surface area (Å²) in [6.07, 6.45) is 1.78. The fourth-order valence-corrected chi connectivity index (χ4v) is 1.86. The van der Waals surface area contributed by atoms with Crippen LogP contribution in [0.5, 0.6) is 11.5 Å². The molecule has 0 aliphatic rings. The van der Waals surface area contributed by atoms with Crippen molar-refractivity contribution in [1.82, 2.24) is 4.98 Å². The van der Waals surface area contributed by atoms with Gasteiger partial charge in [-0.25, -0.2) is 0 Å². The van der Waals surface area contributed by atoms with Gasteiger partial charge >= 0.3 is 0 Å². The second-order valence-electron chi connectivity index (χ2n) is 3.48. The normalized spacial score (nSPS) is 10.4. The predicted octanol–water partition coefficient (Wildman–Crippen LogP) is 2.39. The van der Waals surface area contributed by atoms with Gasteiger partial charge in [0.1, 0.15) is 11.5 Å². The van der Waals surface area contributed by atoms with E-state index in [-0.39, 0.29) is 5.78 Å². The smallest absolute Gasteiger partial charge is 0.164 e. The maximum absolute atomic E-state index is 11.6. The third-order valence-electron chi connectivity index (χ3n) is 2.56. The Kier molecular flexibility index (Phi) is 2.56. The van der Waals surface area contributed by atoms with Crippen LogP contribution in [0.15, 0.2) is 18.3 Å². The molecule has 1 N–H and O–H groups in total. The van der Waals surface area contributed by atoms with Gasteiger partial charge in [-0.1, -0.05) is 0 Å². The number of ether oxygens (including phenoxy) is 2. The van der Waals surface area contributed by atoms with Crippen LogP contribution in [0, 0.1) is 0 Å². The second kappa shape index (κ2) is 3.89. The number of hydrogen-bond donors (Lipinski definition) is 1. The van der Waals surface area contributed by atoms with E-state index < -0.39 is 0 Å². The van der Waals surface area contributed by atoms with Crippen molar-refractivity contribution < 1.29 is 14.3 Å². The third-order valence-corrected chi connectivity index (χ3v) is 2.56. The molecule has 0 aliphatic heterocycles. The Bertz CT molecular complexity index is 542. The van der Waals surface area contributed by atoms with Crippen LogP contribution in [0.1, 0.15) is 17.3 Å². The van der Waals surface area contributed by atoms with Crippen LogP contribution in [0.25, 0.3) is 10.9 Å². The number of benzene rings is 1. The zero-order valence-corrected chi connectivity index (χ0v) is 9.46. The fourth-order valence-electron chi connectivity index (χ4n) is 1.86. The van der Waals surface area contributed by atoms with E-state index in [2.05, 4.69) is 4.98 Å². The predicted molar refractivity (Wildman–Crippen MR) is 61.4 cm³/mol. The first-order valence-electron chi connectivity index (χ1n) is 4.92. The highest BCUT2D eigenvalue weighted by Crippen LogP contribution is 2.35. The number of aromatic amines is 1. The number of carbonyl (C=O) groups excluding carboxylic acids is 1. The van der Waals surface area contributed by atoms with Crippen LogP contribution in [0.2, 0.25) is 0 Å². The molecule has 0 unspecified atom stereocenters. The van der Waals surface area contributed by atoms with Crippen molar-refractivity contribution in [2.45, 2.75) is 6.92 Å². The molecular weight excluding hydrogens is 206 g/mol. The monoisotopic (exact) mass is 219 g/mol. The van der Waals surface area contributed by atoms with Crippen LogP contribution >= 0.6 is 0 Å². The fraction of sp³-hybridized carbons (Fsp3) is 0.250. The second-order valence-corrected chi connectivity index (χ2v) is 3.48. The average molecular weight is 219 g/mol. The highest BCUT2D eigenvalue weighted by molar-refractivity contribution is 6.10. The molecule has 0 saturated heterocycles. The number of hydrogen-bond acceptors (Lipinski definition) is 3. The number of aromatic nitrogens is 1. The Morgan fingerprint density at radius 3 is 2.50 bits per heavy atom. The van der Waals surface area contributed by atoms with Gasteiger partial charge < -0.3 is 14.5 Å². The van der Waals surface area contributed by atoms with Crippen LogP contribution < -0.4 is 9.47 Å². The minimum absolute atomic E-state index is 0.0240. The van der Waals surface area contributed by atoms with E-state index in [1.807, 2.05) is 6.07 Å². The van der Waals surface area contributed by atoms with Crippen molar-refractivity contribution in [3.63, 3.8) is 0 Å². The first kappa shape index (κ1) is 10.5. The molecule has 0 saturated carbocycles. The van der Waals surface area contributed by atoms with Gasteiger partial charge in [0.15, 0.2) is 5.78 Å². The summed E-state index contributed by atoms with van der Waals surface area (Å²) >= 11 is 0. The van der Waals surface area contributed by atoms with Gasteiger partial charge in [-0.05, 0) is 13.0 Å². The highest BCUT2D eigenvalue weighted by Gasteiger charge is 2.17. The van der Waals surface area contributed by atoms with Gasteiger partial charge in [0.25, 0.3) is 0 Å². The van der Waals surface area contributed by atoms with E-state index in [0.717, 1.165) is 10.9 Å². The molecule has 0 fully saturated rings. The number of carbonyl (C=O) groups is 1. The van der Waals surface area contributed by atoms with Gasteiger partial charge in [-0.3, -0.25) is 4.79 Å². The number of rotatable bonds is 3. The Balaban J connectivity index is 2.85. The minimum atomic E-state index is -0.0240. The number of methoxy groups -OCH3 is 2. The van der Waals surface area contributed by atoms with E-state index in [1.165, 1.54) is 6.92 Å². The van der Waals surface area contributed by atoms with E-state index in [0.29, 0.717) is 17.1 Å². The SMILES string of the molecule is COc1cc(OC)c2[nH]ccc2c1C(C)=O. The Morgan fingerprint density at radius 1 is 1.25 bits per heavy atom. The van der Waals surface area contributed by atoms with Crippen LogP contribution in [0.4, 0.5) is 0 Å². The van der Waals surface area contributed by atoms with Crippen molar-refractivity contribution in [2.24, 2.45) is 0 Å². The molecular formula is C12H13NO3. The first-order valence-corrected chi connectivity index (χ1v) is 4.92. The summed E-state index contributed by atoms with van der Waals surface area (Å²) in [4.78, 5) is 14.7. The standard InChI is InChI=1S/C12H13NO3/c1-7(14)11-8-4-5-13-12(8)10(16-3)6-9(11)15-2/h4-6,13H,1-3H3. The molecule has 84 valence electrons. The lowest BCUT2D eigenvalue weighted by Crippen LogP contribution is -1.99. The number of Topliss-reactive ketones (excluding diaryl/α,β-unsaturated/α-hetero) is 1. The molecule has 0 atom stereocenters. The Morgan fingerprint density at radius 2 is 1.94 bits per heavy atom. The van der Waals surface area contributed by atoms with Crippen molar-refractivity contribution in [2.75, 3.05) is 14.2 Å². The molecule has 0 spiro atoms. The lowest BCUT2D eigenvalue weighted by Gasteiger charge is -2.10. The number of fused-ring (bicyclic) bond motifs is 1. The van der Waals surface area contributed by atoms with E-state index >= 15 is 0 Å².